The lowest BCUT2D eigenvalue weighted by Crippen LogP contribution is -2.36. The van der Waals surface area contributed by atoms with E-state index < -0.39 is 5.92 Å². The van der Waals surface area contributed by atoms with E-state index in [1.807, 2.05) is 0 Å². The van der Waals surface area contributed by atoms with Crippen LogP contribution >= 0.6 is 0 Å². The maximum absolute atomic E-state index is 13.2. The average molecular weight is 247 g/mol. The molecule has 1 saturated carbocycles. The van der Waals surface area contributed by atoms with Crippen molar-refractivity contribution in [3.63, 3.8) is 0 Å². The molecule has 0 aromatic rings. The Balaban J connectivity index is 2.23. The maximum atomic E-state index is 13.2. The summed E-state index contributed by atoms with van der Waals surface area (Å²) in [7, 11) is 0. The highest BCUT2D eigenvalue weighted by Crippen LogP contribution is 2.36. The first-order valence-corrected chi connectivity index (χ1v) is 6.79. The number of halogens is 2. The fraction of sp³-hybridized carbons (Fsp3) is 1.00. The molecule has 1 aliphatic carbocycles. The summed E-state index contributed by atoms with van der Waals surface area (Å²) in [5.41, 5.74) is 0.281. The minimum absolute atomic E-state index is 0.0733. The van der Waals surface area contributed by atoms with Crippen LogP contribution in [-0.2, 0) is 0 Å². The minimum atomic E-state index is -2.42. The Labute approximate surface area is 104 Å². The summed E-state index contributed by atoms with van der Waals surface area (Å²) in [5.74, 6) is -1.70. The minimum Gasteiger partial charge on any atom is -0.316 e. The van der Waals surface area contributed by atoms with Gasteiger partial charge in [-0.05, 0) is 43.2 Å². The number of hydrogen-bond donors (Lipinski definition) is 1. The molecule has 2 atom stereocenters. The topological polar surface area (TPSA) is 12.0 Å². The zero-order valence-electron chi connectivity index (χ0n) is 11.7. The van der Waals surface area contributed by atoms with Crippen LogP contribution in [-0.4, -0.2) is 19.0 Å². The Morgan fingerprint density at radius 1 is 1.35 bits per heavy atom. The molecule has 1 nitrogen and oxygen atoms in total. The Bertz CT molecular complexity index is 233. The molecule has 17 heavy (non-hydrogen) atoms. The van der Waals surface area contributed by atoms with Crippen molar-refractivity contribution >= 4 is 0 Å². The van der Waals surface area contributed by atoms with Gasteiger partial charge in [-0.1, -0.05) is 27.7 Å². The largest absolute Gasteiger partial charge is 0.316 e. The second-order valence-corrected chi connectivity index (χ2v) is 6.74. The van der Waals surface area contributed by atoms with E-state index in [9.17, 15) is 8.78 Å². The molecular weight excluding hydrogens is 220 g/mol. The van der Waals surface area contributed by atoms with Crippen LogP contribution in [0.25, 0.3) is 0 Å². The molecule has 0 radical (unpaired) electrons. The van der Waals surface area contributed by atoms with Gasteiger partial charge in [0.2, 0.25) is 5.92 Å². The first-order valence-electron chi connectivity index (χ1n) is 6.79. The van der Waals surface area contributed by atoms with Crippen LogP contribution in [0.4, 0.5) is 8.78 Å². The van der Waals surface area contributed by atoms with E-state index in [4.69, 9.17) is 0 Å². The van der Waals surface area contributed by atoms with Crippen molar-refractivity contribution in [3.05, 3.63) is 0 Å². The Morgan fingerprint density at radius 3 is 2.53 bits per heavy atom. The SMILES string of the molecule is CC(CNCC1CCCC(F)(F)C1)C(C)(C)C. The molecule has 0 aliphatic heterocycles. The molecule has 0 heterocycles. The zero-order valence-corrected chi connectivity index (χ0v) is 11.7. The number of nitrogens with one attached hydrogen (secondary N) is 1. The van der Waals surface area contributed by atoms with Crippen molar-refractivity contribution in [3.8, 4) is 0 Å². The van der Waals surface area contributed by atoms with Crippen LogP contribution in [0.15, 0.2) is 0 Å². The summed E-state index contributed by atoms with van der Waals surface area (Å²) >= 11 is 0. The van der Waals surface area contributed by atoms with Crippen LogP contribution in [0.3, 0.4) is 0 Å². The first kappa shape index (κ1) is 14.9. The molecule has 0 aromatic heterocycles. The molecule has 0 aromatic carbocycles. The summed E-state index contributed by atoms with van der Waals surface area (Å²) in [4.78, 5) is 0. The van der Waals surface area contributed by atoms with Crippen LogP contribution in [0.2, 0.25) is 0 Å². The molecule has 2 unspecified atom stereocenters. The van der Waals surface area contributed by atoms with E-state index in [1.165, 1.54) is 0 Å². The lowest BCUT2D eigenvalue weighted by molar-refractivity contribution is -0.0521. The average Bonchev–Trinajstić information content (AvgIpc) is 2.14. The van der Waals surface area contributed by atoms with E-state index >= 15 is 0 Å². The molecule has 0 bridgehead atoms. The Kier molecular flexibility index (Phi) is 4.94. The molecule has 1 aliphatic rings. The van der Waals surface area contributed by atoms with E-state index in [1.54, 1.807) is 0 Å². The van der Waals surface area contributed by atoms with E-state index in [-0.39, 0.29) is 24.2 Å². The number of rotatable bonds is 4. The molecule has 1 rings (SSSR count). The van der Waals surface area contributed by atoms with E-state index in [2.05, 4.69) is 33.0 Å². The zero-order chi connectivity index (χ0) is 13.1. The van der Waals surface area contributed by atoms with Crippen molar-refractivity contribution < 1.29 is 8.78 Å². The van der Waals surface area contributed by atoms with Crippen LogP contribution < -0.4 is 5.32 Å². The molecule has 3 heteroatoms. The molecule has 1 N–H and O–H groups in total. The third kappa shape index (κ3) is 5.33. The Morgan fingerprint density at radius 2 is 2.00 bits per heavy atom. The number of alkyl halides is 2. The summed E-state index contributed by atoms with van der Waals surface area (Å²) in [6.07, 6.45) is 1.78. The van der Waals surface area contributed by atoms with Gasteiger partial charge in [-0.2, -0.15) is 0 Å². The lowest BCUT2D eigenvalue weighted by Gasteiger charge is -2.31. The van der Waals surface area contributed by atoms with Crippen LogP contribution in [0, 0.1) is 17.3 Å². The highest BCUT2D eigenvalue weighted by Gasteiger charge is 2.35. The third-order valence-corrected chi connectivity index (χ3v) is 4.10. The highest BCUT2D eigenvalue weighted by atomic mass is 19.3. The normalized spacial score (nSPS) is 26.8. The van der Waals surface area contributed by atoms with Crippen molar-refractivity contribution in [2.45, 2.75) is 59.3 Å². The first-order chi connectivity index (χ1) is 7.71. The standard InChI is InChI=1S/C14H27F2N/c1-11(13(2,3)4)9-17-10-12-6-5-7-14(15,16)8-12/h11-12,17H,5-10H2,1-4H3. The molecular formula is C14H27F2N. The van der Waals surface area contributed by atoms with Crippen molar-refractivity contribution in [2.24, 2.45) is 17.3 Å². The second-order valence-electron chi connectivity index (χ2n) is 6.74. The monoisotopic (exact) mass is 247 g/mol. The molecule has 0 saturated heterocycles. The van der Waals surface area contributed by atoms with Gasteiger partial charge < -0.3 is 5.32 Å². The maximum Gasteiger partial charge on any atom is 0.248 e. The molecule has 1 fully saturated rings. The predicted octanol–water partition coefficient (Wildman–Crippen LogP) is 4.08. The van der Waals surface area contributed by atoms with Gasteiger partial charge in [0, 0.05) is 12.8 Å². The smallest absolute Gasteiger partial charge is 0.248 e. The van der Waals surface area contributed by atoms with Gasteiger partial charge in [0.25, 0.3) is 0 Å². The van der Waals surface area contributed by atoms with Gasteiger partial charge in [-0.3, -0.25) is 0 Å². The van der Waals surface area contributed by atoms with Gasteiger partial charge in [-0.25, -0.2) is 8.78 Å². The summed E-state index contributed by atoms with van der Waals surface area (Å²) < 4.78 is 26.4. The number of hydrogen-bond acceptors (Lipinski definition) is 1. The van der Waals surface area contributed by atoms with Gasteiger partial charge >= 0.3 is 0 Å². The molecule has 0 amide bonds. The fourth-order valence-electron chi connectivity index (χ4n) is 2.26. The van der Waals surface area contributed by atoms with Crippen molar-refractivity contribution in [2.75, 3.05) is 13.1 Å². The van der Waals surface area contributed by atoms with Gasteiger partial charge in [-0.15, -0.1) is 0 Å². The summed E-state index contributed by atoms with van der Waals surface area (Å²) in [5, 5.41) is 3.37. The van der Waals surface area contributed by atoms with Crippen molar-refractivity contribution in [1.29, 1.82) is 0 Å². The summed E-state index contributed by atoms with van der Waals surface area (Å²) in [6, 6.07) is 0. The van der Waals surface area contributed by atoms with Crippen molar-refractivity contribution in [1.82, 2.24) is 5.32 Å². The fourth-order valence-corrected chi connectivity index (χ4v) is 2.26. The van der Waals surface area contributed by atoms with Gasteiger partial charge in [0.15, 0.2) is 0 Å². The van der Waals surface area contributed by atoms with E-state index in [0.29, 0.717) is 12.3 Å². The second kappa shape index (κ2) is 5.64. The summed E-state index contributed by atoms with van der Waals surface area (Å²) in [6.45, 7) is 10.5. The molecule has 102 valence electrons. The molecule has 0 spiro atoms. The highest BCUT2D eigenvalue weighted by molar-refractivity contribution is 4.80. The van der Waals surface area contributed by atoms with Gasteiger partial charge in [0.1, 0.15) is 0 Å². The van der Waals surface area contributed by atoms with Crippen LogP contribution in [0.1, 0.15) is 53.4 Å². The van der Waals surface area contributed by atoms with Gasteiger partial charge in [0.05, 0.1) is 0 Å². The predicted molar refractivity (Wildman–Crippen MR) is 68.4 cm³/mol. The Hall–Kier alpha value is -0.180. The third-order valence-electron chi connectivity index (χ3n) is 4.10. The quantitative estimate of drug-likeness (QED) is 0.789. The van der Waals surface area contributed by atoms with Crippen LogP contribution in [0.5, 0.6) is 0 Å². The van der Waals surface area contributed by atoms with E-state index in [0.717, 1.165) is 19.5 Å². The lowest BCUT2D eigenvalue weighted by atomic mass is 9.82.